The summed E-state index contributed by atoms with van der Waals surface area (Å²) in [5, 5.41) is 15.6. The first-order valence-electron chi connectivity index (χ1n) is 9.76. The molecule has 6 nitrogen and oxygen atoms in total. The lowest BCUT2D eigenvalue weighted by atomic mass is 9.90. The van der Waals surface area contributed by atoms with E-state index >= 15 is 0 Å². The number of nitrogens with zero attached hydrogens (tertiary/aromatic N) is 5. The molecule has 0 aromatic carbocycles. The topological polar surface area (TPSA) is 57.4 Å². The van der Waals surface area contributed by atoms with Crippen LogP contribution in [-0.4, -0.2) is 64.1 Å². The number of piperidine rings is 1. The average Bonchev–Trinajstić information content (AvgIpc) is 3.39. The Morgan fingerprint density at radius 2 is 2.00 bits per heavy atom. The van der Waals surface area contributed by atoms with Gasteiger partial charge < -0.3 is 14.9 Å². The molecule has 1 saturated carbocycles. The lowest BCUT2D eigenvalue weighted by Crippen LogP contribution is -2.49. The smallest absolute Gasteiger partial charge is 0.131 e. The second kappa shape index (κ2) is 7.75. The summed E-state index contributed by atoms with van der Waals surface area (Å²) in [7, 11) is 3.98. The normalized spacial score (nSPS) is 18.8. The zero-order valence-electron chi connectivity index (χ0n) is 16.4. The van der Waals surface area contributed by atoms with Crippen LogP contribution in [0.3, 0.4) is 0 Å². The molecule has 148 valence electrons. The van der Waals surface area contributed by atoms with Gasteiger partial charge in [-0.25, -0.2) is 4.98 Å². The second-order valence-corrected chi connectivity index (χ2v) is 8.55. The minimum Gasteiger partial charge on any atom is -0.388 e. The van der Waals surface area contributed by atoms with Gasteiger partial charge in [-0.2, -0.15) is 5.10 Å². The van der Waals surface area contributed by atoms with Crippen molar-refractivity contribution >= 4 is 17.3 Å². The summed E-state index contributed by atoms with van der Waals surface area (Å²) in [5.74, 6) is 6.45. The molecular weight excluding hydrogens is 374 g/mol. The summed E-state index contributed by atoms with van der Waals surface area (Å²) in [6.07, 6.45) is 9.39. The molecule has 2 aromatic heterocycles. The zero-order valence-corrected chi connectivity index (χ0v) is 17.2. The number of likely N-dealkylation sites (N-methyl/N-ethyl adjacent to an activating group) is 1. The molecule has 1 aliphatic carbocycles. The van der Waals surface area contributed by atoms with Gasteiger partial charge in [0.05, 0.1) is 34.7 Å². The van der Waals surface area contributed by atoms with E-state index in [1.807, 2.05) is 42.1 Å². The lowest BCUT2D eigenvalue weighted by Gasteiger charge is -2.40. The predicted octanol–water partition coefficient (Wildman–Crippen LogP) is 2.56. The second-order valence-electron chi connectivity index (χ2n) is 8.16. The Morgan fingerprint density at radius 3 is 2.68 bits per heavy atom. The highest BCUT2D eigenvalue weighted by Crippen LogP contribution is 2.34. The summed E-state index contributed by atoms with van der Waals surface area (Å²) < 4.78 is 2.00. The predicted molar refractivity (Wildman–Crippen MR) is 111 cm³/mol. The van der Waals surface area contributed by atoms with Crippen molar-refractivity contribution < 1.29 is 5.11 Å². The average molecular weight is 400 g/mol. The number of halogens is 1. The van der Waals surface area contributed by atoms with Gasteiger partial charge in [-0.3, -0.25) is 4.68 Å². The van der Waals surface area contributed by atoms with Gasteiger partial charge in [0.15, 0.2) is 0 Å². The highest BCUT2D eigenvalue weighted by atomic mass is 35.5. The van der Waals surface area contributed by atoms with Gasteiger partial charge in [-0.05, 0) is 39.8 Å². The minimum absolute atomic E-state index is 0.455. The third kappa shape index (κ3) is 4.49. The fourth-order valence-corrected chi connectivity index (χ4v) is 3.92. The van der Waals surface area contributed by atoms with E-state index in [1.165, 1.54) is 12.8 Å². The van der Waals surface area contributed by atoms with E-state index in [1.54, 1.807) is 6.20 Å². The Hall–Kier alpha value is -2.07. The first-order valence-corrected chi connectivity index (χ1v) is 10.1. The summed E-state index contributed by atoms with van der Waals surface area (Å²) in [6, 6.07) is 2.42. The number of pyridine rings is 1. The Morgan fingerprint density at radius 1 is 1.25 bits per heavy atom. The van der Waals surface area contributed by atoms with E-state index in [-0.39, 0.29) is 0 Å². The molecule has 0 atom stereocenters. The van der Waals surface area contributed by atoms with Crippen LogP contribution in [0.4, 0.5) is 5.69 Å². The molecule has 0 unspecified atom stereocenters. The molecule has 0 amide bonds. The van der Waals surface area contributed by atoms with Crippen molar-refractivity contribution in [2.45, 2.75) is 37.3 Å². The molecule has 2 fully saturated rings. The van der Waals surface area contributed by atoms with Crippen LogP contribution in [0.5, 0.6) is 0 Å². The molecule has 0 radical (unpaired) electrons. The number of hydrogen-bond donors (Lipinski definition) is 1. The van der Waals surface area contributed by atoms with Crippen LogP contribution in [0.25, 0.3) is 0 Å². The van der Waals surface area contributed by atoms with E-state index in [4.69, 9.17) is 11.6 Å². The van der Waals surface area contributed by atoms with Gasteiger partial charge in [0.1, 0.15) is 5.15 Å². The maximum Gasteiger partial charge on any atom is 0.131 e. The number of aromatic nitrogens is 3. The Labute approximate surface area is 171 Å². The molecule has 2 aliphatic rings. The van der Waals surface area contributed by atoms with Crippen molar-refractivity contribution in [3.63, 3.8) is 0 Å². The van der Waals surface area contributed by atoms with Gasteiger partial charge in [0.2, 0.25) is 0 Å². The van der Waals surface area contributed by atoms with Gasteiger partial charge in [-0.15, -0.1) is 0 Å². The molecule has 0 spiro atoms. The van der Waals surface area contributed by atoms with Gasteiger partial charge in [0, 0.05) is 38.1 Å². The Balaban J connectivity index is 1.52. The summed E-state index contributed by atoms with van der Waals surface area (Å²) in [5.41, 5.74) is 2.10. The fraction of sp³-hybridized carbons (Fsp3) is 0.524. The molecule has 28 heavy (non-hydrogen) atoms. The van der Waals surface area contributed by atoms with Crippen molar-refractivity contribution in [1.82, 2.24) is 19.7 Å². The van der Waals surface area contributed by atoms with E-state index in [9.17, 15) is 5.11 Å². The zero-order chi connectivity index (χ0) is 19.7. The van der Waals surface area contributed by atoms with Crippen LogP contribution in [0.1, 0.15) is 42.9 Å². The molecule has 7 heteroatoms. The lowest BCUT2D eigenvalue weighted by molar-refractivity contribution is -0.00538. The largest absolute Gasteiger partial charge is 0.388 e. The molecule has 1 aliphatic heterocycles. The summed E-state index contributed by atoms with van der Waals surface area (Å²) in [6.45, 7) is 2.20. The molecule has 1 N–H and O–H groups in total. The van der Waals surface area contributed by atoms with Gasteiger partial charge in [0.25, 0.3) is 0 Å². The van der Waals surface area contributed by atoms with Gasteiger partial charge in [-0.1, -0.05) is 23.4 Å². The van der Waals surface area contributed by atoms with Crippen LogP contribution in [0.15, 0.2) is 24.7 Å². The molecule has 0 bridgehead atoms. The van der Waals surface area contributed by atoms with E-state index in [2.05, 4.69) is 26.8 Å². The standard InChI is InChI=1S/C21H26ClN5O/c1-25(2)15-21(28)7-9-26(10-8-21)19-11-20(22)23-13-17(19)4-3-16-12-24-27(14-16)18-5-6-18/h11-14,18,28H,5-10,15H2,1-2H3. The molecule has 4 rings (SSSR count). The highest BCUT2D eigenvalue weighted by molar-refractivity contribution is 6.29. The minimum atomic E-state index is -0.639. The quantitative estimate of drug-likeness (QED) is 0.632. The van der Waals surface area contributed by atoms with E-state index in [0.29, 0.717) is 30.6 Å². The third-order valence-electron chi connectivity index (χ3n) is 5.36. The maximum atomic E-state index is 10.8. The number of aliphatic hydroxyl groups is 1. The highest BCUT2D eigenvalue weighted by Gasteiger charge is 2.33. The van der Waals surface area contributed by atoms with Crippen molar-refractivity contribution in [2.75, 3.05) is 38.6 Å². The number of hydrogen-bond acceptors (Lipinski definition) is 5. The van der Waals surface area contributed by atoms with Crippen LogP contribution in [-0.2, 0) is 0 Å². The first kappa shape index (κ1) is 19.3. The van der Waals surface area contributed by atoms with Gasteiger partial charge >= 0.3 is 0 Å². The SMILES string of the molecule is CN(C)CC1(O)CCN(c2cc(Cl)ncc2C#Cc2cnn(C3CC3)c2)CC1. The number of anilines is 1. The number of rotatable bonds is 4. The van der Waals surface area contributed by atoms with E-state index < -0.39 is 5.60 Å². The van der Waals surface area contributed by atoms with Crippen molar-refractivity contribution in [2.24, 2.45) is 0 Å². The Kier molecular flexibility index (Phi) is 5.33. The summed E-state index contributed by atoms with van der Waals surface area (Å²) >= 11 is 6.17. The van der Waals surface area contributed by atoms with Crippen molar-refractivity contribution in [3.8, 4) is 11.8 Å². The van der Waals surface area contributed by atoms with Crippen LogP contribution in [0, 0.1) is 11.8 Å². The fourth-order valence-electron chi connectivity index (χ4n) is 3.77. The molecule has 2 aromatic rings. The first-order chi connectivity index (χ1) is 13.4. The van der Waals surface area contributed by atoms with Crippen molar-refractivity contribution in [3.05, 3.63) is 40.9 Å². The molecular formula is C21H26ClN5O. The van der Waals surface area contributed by atoms with E-state index in [0.717, 1.165) is 29.9 Å². The third-order valence-corrected chi connectivity index (χ3v) is 5.56. The maximum absolute atomic E-state index is 10.8. The summed E-state index contributed by atoms with van der Waals surface area (Å²) in [4.78, 5) is 8.50. The van der Waals surface area contributed by atoms with Crippen molar-refractivity contribution in [1.29, 1.82) is 0 Å². The van der Waals surface area contributed by atoms with Crippen LogP contribution in [0.2, 0.25) is 5.15 Å². The molecule has 1 saturated heterocycles. The molecule has 3 heterocycles. The Bertz CT molecular complexity index is 901. The van der Waals surface area contributed by atoms with Crippen LogP contribution < -0.4 is 4.90 Å². The monoisotopic (exact) mass is 399 g/mol. The van der Waals surface area contributed by atoms with Crippen LogP contribution >= 0.6 is 11.6 Å².